The molecular weight excluding hydrogens is 336 g/mol. The first-order valence-electron chi connectivity index (χ1n) is 8.81. The lowest BCUT2D eigenvalue weighted by Gasteiger charge is -2.36. The summed E-state index contributed by atoms with van der Waals surface area (Å²) < 4.78 is 5.73. The van der Waals surface area contributed by atoms with Crippen molar-refractivity contribution in [2.45, 2.75) is 64.6 Å². The fraction of sp³-hybridized carbons (Fsp3) is 0.722. The molecule has 25 heavy (non-hydrogen) atoms. The van der Waals surface area contributed by atoms with E-state index in [0.717, 1.165) is 36.4 Å². The number of anilines is 1. The normalized spacial score (nSPS) is 20.8. The smallest absolute Gasteiger partial charge is 0.242 e. The lowest BCUT2D eigenvalue weighted by atomic mass is 9.93. The molecule has 7 heteroatoms. The van der Waals surface area contributed by atoms with E-state index >= 15 is 0 Å². The molecule has 1 aliphatic rings. The van der Waals surface area contributed by atoms with E-state index < -0.39 is 0 Å². The highest BCUT2D eigenvalue weighted by atomic mass is 32.2. The van der Waals surface area contributed by atoms with E-state index in [1.807, 2.05) is 26.2 Å². The van der Waals surface area contributed by atoms with Crippen molar-refractivity contribution in [2.24, 2.45) is 0 Å². The van der Waals surface area contributed by atoms with Crippen molar-refractivity contribution in [3.63, 3.8) is 0 Å². The molecule has 2 rings (SSSR count). The second kappa shape index (κ2) is 8.85. The van der Waals surface area contributed by atoms with Crippen LogP contribution >= 0.6 is 11.8 Å². The number of hydrogen-bond donors (Lipinski definition) is 2. The molecule has 2 N–H and O–H groups in total. The predicted octanol–water partition coefficient (Wildman–Crippen LogP) is 2.70. The Morgan fingerprint density at radius 3 is 2.68 bits per heavy atom. The maximum atomic E-state index is 12.8. The van der Waals surface area contributed by atoms with Gasteiger partial charge in [-0.1, -0.05) is 0 Å². The fourth-order valence-corrected chi connectivity index (χ4v) is 3.58. The van der Waals surface area contributed by atoms with Gasteiger partial charge in [-0.2, -0.15) is 11.8 Å². The van der Waals surface area contributed by atoms with Crippen molar-refractivity contribution in [3.05, 3.63) is 17.5 Å². The van der Waals surface area contributed by atoms with Crippen LogP contribution in [0.15, 0.2) is 6.07 Å². The van der Waals surface area contributed by atoms with Gasteiger partial charge in [0, 0.05) is 24.0 Å². The predicted molar refractivity (Wildman–Crippen MR) is 103 cm³/mol. The van der Waals surface area contributed by atoms with Crippen LogP contribution in [0.25, 0.3) is 0 Å². The Bertz CT molecular complexity index is 574. The van der Waals surface area contributed by atoms with Gasteiger partial charge in [-0.3, -0.25) is 4.79 Å². The summed E-state index contributed by atoms with van der Waals surface area (Å²) in [5, 5.41) is 6.41. The van der Waals surface area contributed by atoms with E-state index in [4.69, 9.17) is 4.74 Å². The number of thioether (sulfide) groups is 1. The maximum absolute atomic E-state index is 12.8. The van der Waals surface area contributed by atoms with Gasteiger partial charge in [0.1, 0.15) is 6.04 Å². The van der Waals surface area contributed by atoms with Crippen LogP contribution in [0.5, 0.6) is 0 Å². The van der Waals surface area contributed by atoms with E-state index in [9.17, 15) is 4.79 Å². The van der Waals surface area contributed by atoms with E-state index in [1.54, 1.807) is 11.8 Å². The average molecular weight is 367 g/mol. The van der Waals surface area contributed by atoms with Crippen molar-refractivity contribution in [2.75, 3.05) is 23.9 Å². The van der Waals surface area contributed by atoms with Crippen molar-refractivity contribution < 1.29 is 9.53 Å². The Morgan fingerprint density at radius 2 is 2.08 bits per heavy atom. The molecule has 1 saturated heterocycles. The zero-order chi connectivity index (χ0) is 18.4. The number of ether oxygens (including phenoxy) is 1. The molecule has 1 aliphatic heterocycles. The van der Waals surface area contributed by atoms with Gasteiger partial charge in [0.2, 0.25) is 11.9 Å². The third kappa shape index (κ3) is 6.47. The second-order valence-corrected chi connectivity index (χ2v) is 8.24. The van der Waals surface area contributed by atoms with Gasteiger partial charge in [0.25, 0.3) is 0 Å². The number of nitrogens with one attached hydrogen (secondary N) is 2. The number of carbonyl (C=O) groups excluding carboxylic acids is 1. The summed E-state index contributed by atoms with van der Waals surface area (Å²) in [6.07, 6.45) is 4.46. The molecule has 1 amide bonds. The quantitative estimate of drug-likeness (QED) is 0.773. The Kier molecular flexibility index (Phi) is 7.07. The van der Waals surface area contributed by atoms with Crippen LogP contribution in [0.2, 0.25) is 0 Å². The molecule has 1 fully saturated rings. The lowest BCUT2D eigenvalue weighted by Crippen LogP contribution is -2.50. The van der Waals surface area contributed by atoms with Gasteiger partial charge in [-0.25, -0.2) is 9.97 Å². The second-order valence-electron chi connectivity index (χ2n) is 7.26. The number of aromatic nitrogens is 2. The monoisotopic (exact) mass is 366 g/mol. The van der Waals surface area contributed by atoms with Crippen LogP contribution in [0, 0.1) is 13.8 Å². The Balaban J connectivity index is 2.03. The number of nitrogens with zero attached hydrogens (tertiary/aromatic N) is 2. The molecule has 0 saturated carbocycles. The van der Waals surface area contributed by atoms with Gasteiger partial charge < -0.3 is 15.4 Å². The standard InChI is InChI=1S/C18H30N4O2S/c1-12-10-13(2)20-17(19-12)22-15(7-9-25-5)16(23)21-14-6-8-24-18(3,4)11-14/h10,14-15H,6-9,11H2,1-5H3,(H,21,23)(H,19,20,22). The molecule has 1 aromatic heterocycles. The van der Waals surface area contributed by atoms with Gasteiger partial charge in [-0.05, 0) is 65.0 Å². The minimum Gasteiger partial charge on any atom is -0.375 e. The third-order valence-corrected chi connectivity index (χ3v) is 4.90. The molecule has 2 unspecified atom stereocenters. The molecule has 0 spiro atoms. The van der Waals surface area contributed by atoms with Crippen LogP contribution in [-0.4, -0.2) is 52.2 Å². The summed E-state index contributed by atoms with van der Waals surface area (Å²) in [4.78, 5) is 21.6. The van der Waals surface area contributed by atoms with Crippen LogP contribution in [0.1, 0.15) is 44.5 Å². The highest BCUT2D eigenvalue weighted by Gasteiger charge is 2.31. The molecule has 2 heterocycles. The van der Waals surface area contributed by atoms with Crippen molar-refractivity contribution in [1.82, 2.24) is 15.3 Å². The first-order valence-corrected chi connectivity index (χ1v) is 10.2. The van der Waals surface area contributed by atoms with Crippen molar-refractivity contribution in [3.8, 4) is 0 Å². The molecule has 140 valence electrons. The zero-order valence-electron chi connectivity index (χ0n) is 15.9. The fourth-order valence-electron chi connectivity index (χ4n) is 3.11. The van der Waals surface area contributed by atoms with Crippen molar-refractivity contribution in [1.29, 1.82) is 0 Å². The van der Waals surface area contributed by atoms with E-state index in [2.05, 4.69) is 34.4 Å². The summed E-state index contributed by atoms with van der Waals surface area (Å²) >= 11 is 1.73. The van der Waals surface area contributed by atoms with Gasteiger partial charge in [-0.15, -0.1) is 0 Å². The van der Waals surface area contributed by atoms with Gasteiger partial charge in [0.05, 0.1) is 5.60 Å². The minimum atomic E-state index is -0.334. The Morgan fingerprint density at radius 1 is 1.40 bits per heavy atom. The van der Waals surface area contributed by atoms with E-state index in [0.29, 0.717) is 12.6 Å². The molecule has 1 aromatic rings. The first-order chi connectivity index (χ1) is 11.8. The van der Waals surface area contributed by atoms with Crippen LogP contribution < -0.4 is 10.6 Å². The Labute approximate surface area is 154 Å². The first kappa shape index (κ1) is 20.0. The molecule has 0 aromatic carbocycles. The topological polar surface area (TPSA) is 76.1 Å². The van der Waals surface area contributed by atoms with Crippen LogP contribution in [-0.2, 0) is 9.53 Å². The molecule has 6 nitrogen and oxygen atoms in total. The molecule has 2 atom stereocenters. The molecule has 0 aliphatic carbocycles. The van der Waals surface area contributed by atoms with Crippen molar-refractivity contribution >= 4 is 23.6 Å². The maximum Gasteiger partial charge on any atom is 0.242 e. The van der Waals surface area contributed by atoms with Gasteiger partial charge in [0.15, 0.2) is 0 Å². The number of hydrogen-bond acceptors (Lipinski definition) is 6. The van der Waals surface area contributed by atoms with E-state index in [1.165, 1.54) is 0 Å². The molecular formula is C18H30N4O2S. The average Bonchev–Trinajstić information content (AvgIpc) is 2.49. The summed E-state index contributed by atoms with van der Waals surface area (Å²) in [7, 11) is 0. The minimum absolute atomic E-state index is 0.0134. The number of carbonyl (C=O) groups is 1. The largest absolute Gasteiger partial charge is 0.375 e. The van der Waals surface area contributed by atoms with Crippen LogP contribution in [0.3, 0.4) is 0 Å². The van der Waals surface area contributed by atoms with Gasteiger partial charge >= 0.3 is 0 Å². The number of rotatable bonds is 7. The SMILES string of the molecule is CSCCC(Nc1nc(C)cc(C)n1)C(=O)NC1CCOC(C)(C)C1. The summed E-state index contributed by atoms with van der Waals surface area (Å²) in [6.45, 7) is 8.68. The lowest BCUT2D eigenvalue weighted by molar-refractivity contribution is -0.124. The third-order valence-electron chi connectivity index (χ3n) is 4.26. The Hall–Kier alpha value is -1.34. The summed E-state index contributed by atoms with van der Waals surface area (Å²) in [5.74, 6) is 1.43. The zero-order valence-corrected chi connectivity index (χ0v) is 16.7. The number of aryl methyl sites for hydroxylation is 2. The summed E-state index contributed by atoms with van der Waals surface area (Å²) in [6, 6.07) is 1.74. The molecule has 0 bridgehead atoms. The highest BCUT2D eigenvalue weighted by Crippen LogP contribution is 2.24. The number of amides is 1. The molecule has 0 radical (unpaired) electrons. The highest BCUT2D eigenvalue weighted by molar-refractivity contribution is 7.98. The van der Waals surface area contributed by atoms with E-state index in [-0.39, 0.29) is 23.6 Å². The van der Waals surface area contributed by atoms with Crippen LogP contribution in [0.4, 0.5) is 5.95 Å². The summed E-state index contributed by atoms with van der Waals surface area (Å²) in [5.41, 5.74) is 1.60.